The van der Waals surface area contributed by atoms with Gasteiger partial charge in [0.15, 0.2) is 0 Å². The van der Waals surface area contributed by atoms with E-state index in [1.807, 2.05) is 7.05 Å². The summed E-state index contributed by atoms with van der Waals surface area (Å²) in [4.78, 5) is 40.6. The Kier molecular flexibility index (Phi) is 4.90. The van der Waals surface area contributed by atoms with E-state index in [0.29, 0.717) is 29.9 Å². The van der Waals surface area contributed by atoms with Crippen molar-refractivity contribution in [3.8, 4) is 5.69 Å². The Hall–Kier alpha value is -2.93. The average molecular weight is 355 g/mol. The van der Waals surface area contributed by atoms with E-state index in [2.05, 4.69) is 4.90 Å². The van der Waals surface area contributed by atoms with Crippen molar-refractivity contribution in [3.63, 3.8) is 0 Å². The van der Waals surface area contributed by atoms with Crippen LogP contribution in [0.3, 0.4) is 0 Å². The molecule has 1 amide bonds. The van der Waals surface area contributed by atoms with Gasteiger partial charge < -0.3 is 14.9 Å². The van der Waals surface area contributed by atoms with E-state index in [0.717, 1.165) is 13.1 Å². The van der Waals surface area contributed by atoms with E-state index in [1.165, 1.54) is 10.8 Å². The molecule has 2 aromatic rings. The first-order chi connectivity index (χ1) is 12.4. The van der Waals surface area contributed by atoms with Crippen molar-refractivity contribution in [1.82, 2.24) is 14.4 Å². The monoisotopic (exact) mass is 355 g/mol. The summed E-state index contributed by atoms with van der Waals surface area (Å²) < 4.78 is 1.26. The Labute approximate surface area is 151 Å². The van der Waals surface area contributed by atoms with E-state index >= 15 is 0 Å². The highest BCUT2D eigenvalue weighted by atomic mass is 16.4. The van der Waals surface area contributed by atoms with Crippen molar-refractivity contribution in [2.45, 2.75) is 6.92 Å². The third kappa shape index (κ3) is 3.39. The highest BCUT2D eigenvalue weighted by molar-refractivity contribution is 5.95. The van der Waals surface area contributed by atoms with Crippen LogP contribution in [0, 0.1) is 6.92 Å². The van der Waals surface area contributed by atoms with Gasteiger partial charge in [0, 0.05) is 43.6 Å². The number of aromatic carboxylic acids is 1. The van der Waals surface area contributed by atoms with Crippen LogP contribution in [-0.4, -0.2) is 64.6 Å². The first-order valence-electron chi connectivity index (χ1n) is 8.42. The fourth-order valence-electron chi connectivity index (χ4n) is 3.07. The predicted octanol–water partition coefficient (Wildman–Crippen LogP) is 1.23. The summed E-state index contributed by atoms with van der Waals surface area (Å²) in [6.45, 7) is 4.55. The molecule has 0 spiro atoms. The minimum atomic E-state index is -1.26. The number of aromatic nitrogens is 1. The third-order valence-electron chi connectivity index (χ3n) is 4.68. The van der Waals surface area contributed by atoms with Gasteiger partial charge in [0.2, 0.25) is 0 Å². The van der Waals surface area contributed by atoms with Gasteiger partial charge in [0.1, 0.15) is 5.56 Å². The lowest BCUT2D eigenvalue weighted by molar-refractivity contribution is 0.0661. The molecule has 0 atom stereocenters. The Morgan fingerprint density at radius 3 is 2.42 bits per heavy atom. The number of carbonyl (C=O) groups is 2. The first-order valence-corrected chi connectivity index (χ1v) is 8.42. The van der Waals surface area contributed by atoms with Crippen molar-refractivity contribution in [1.29, 1.82) is 0 Å². The van der Waals surface area contributed by atoms with Gasteiger partial charge in [-0.2, -0.15) is 0 Å². The Balaban J connectivity index is 1.96. The molecule has 0 bridgehead atoms. The number of hydrogen-bond acceptors (Lipinski definition) is 4. The van der Waals surface area contributed by atoms with Gasteiger partial charge >= 0.3 is 5.97 Å². The minimum absolute atomic E-state index is 0.0847. The number of rotatable bonds is 3. The lowest BCUT2D eigenvalue weighted by atomic mass is 10.1. The summed E-state index contributed by atoms with van der Waals surface area (Å²) in [5, 5.41) is 9.27. The second kappa shape index (κ2) is 7.13. The van der Waals surface area contributed by atoms with Crippen molar-refractivity contribution >= 4 is 11.9 Å². The largest absolute Gasteiger partial charge is 0.477 e. The van der Waals surface area contributed by atoms with Crippen molar-refractivity contribution < 1.29 is 14.7 Å². The van der Waals surface area contributed by atoms with E-state index < -0.39 is 11.5 Å². The quantitative estimate of drug-likeness (QED) is 0.895. The molecule has 136 valence electrons. The van der Waals surface area contributed by atoms with Crippen LogP contribution in [0.5, 0.6) is 0 Å². The maximum Gasteiger partial charge on any atom is 0.341 e. The molecule has 1 aromatic carbocycles. The molecule has 1 N–H and O–H groups in total. The summed E-state index contributed by atoms with van der Waals surface area (Å²) in [5.41, 5.74) is 0.488. The van der Waals surface area contributed by atoms with Gasteiger partial charge in [-0.15, -0.1) is 0 Å². The van der Waals surface area contributed by atoms with Gasteiger partial charge in [0.05, 0.1) is 0 Å². The summed E-state index contributed by atoms with van der Waals surface area (Å²) >= 11 is 0. The molecular weight excluding hydrogens is 334 g/mol. The Bertz CT molecular complexity index is 911. The highest BCUT2D eigenvalue weighted by Crippen LogP contribution is 2.14. The minimum Gasteiger partial charge on any atom is -0.477 e. The van der Waals surface area contributed by atoms with Gasteiger partial charge in [-0.05, 0) is 43.8 Å². The SMILES string of the molecule is Cc1ccn(-c2cccc(C(=O)N3CCN(C)CC3)c2)c(=O)c1C(=O)O. The van der Waals surface area contributed by atoms with Crippen LogP contribution in [0.1, 0.15) is 26.3 Å². The average Bonchev–Trinajstić information content (AvgIpc) is 2.61. The van der Waals surface area contributed by atoms with Gasteiger partial charge in [0.25, 0.3) is 11.5 Å². The highest BCUT2D eigenvalue weighted by Gasteiger charge is 2.21. The van der Waals surface area contributed by atoms with Crippen LogP contribution >= 0.6 is 0 Å². The molecule has 1 aromatic heterocycles. The predicted molar refractivity (Wildman–Crippen MR) is 97.1 cm³/mol. The number of likely N-dealkylation sites (N-methyl/N-ethyl adjacent to an activating group) is 1. The van der Waals surface area contributed by atoms with Crippen LogP contribution in [0.2, 0.25) is 0 Å². The molecular formula is C19H21N3O4. The number of carboxylic acids is 1. The summed E-state index contributed by atoms with van der Waals surface area (Å²) in [6.07, 6.45) is 1.53. The van der Waals surface area contributed by atoms with Crippen molar-refractivity contribution in [3.05, 3.63) is 63.6 Å². The lowest BCUT2D eigenvalue weighted by Gasteiger charge is -2.32. The van der Waals surface area contributed by atoms with Crippen LogP contribution < -0.4 is 5.56 Å². The topological polar surface area (TPSA) is 82.9 Å². The molecule has 0 aliphatic carbocycles. The molecule has 1 saturated heterocycles. The lowest BCUT2D eigenvalue weighted by Crippen LogP contribution is -2.47. The number of aryl methyl sites for hydroxylation is 1. The second-order valence-corrected chi connectivity index (χ2v) is 6.50. The second-order valence-electron chi connectivity index (χ2n) is 6.50. The molecule has 26 heavy (non-hydrogen) atoms. The van der Waals surface area contributed by atoms with Crippen molar-refractivity contribution in [2.75, 3.05) is 33.2 Å². The third-order valence-corrected chi connectivity index (χ3v) is 4.68. The smallest absolute Gasteiger partial charge is 0.341 e. The van der Waals surface area contributed by atoms with Gasteiger partial charge in [-0.1, -0.05) is 6.07 Å². The maximum absolute atomic E-state index is 12.7. The number of benzene rings is 1. The van der Waals surface area contributed by atoms with E-state index in [4.69, 9.17) is 0 Å². The molecule has 7 nitrogen and oxygen atoms in total. The maximum atomic E-state index is 12.7. The number of hydrogen-bond donors (Lipinski definition) is 1. The normalized spacial score (nSPS) is 15.1. The van der Waals surface area contributed by atoms with E-state index in [-0.39, 0.29) is 11.5 Å². The fraction of sp³-hybridized carbons (Fsp3) is 0.316. The molecule has 0 radical (unpaired) electrons. The molecule has 1 aliphatic heterocycles. The van der Waals surface area contributed by atoms with Crippen molar-refractivity contribution in [2.24, 2.45) is 0 Å². The zero-order chi connectivity index (χ0) is 18.8. The van der Waals surface area contributed by atoms with Crippen LogP contribution in [0.15, 0.2) is 41.3 Å². The molecule has 7 heteroatoms. The Morgan fingerprint density at radius 2 is 1.77 bits per heavy atom. The number of nitrogens with zero attached hydrogens (tertiary/aromatic N) is 3. The molecule has 3 rings (SSSR count). The summed E-state index contributed by atoms with van der Waals surface area (Å²) in [7, 11) is 2.02. The molecule has 1 fully saturated rings. The number of piperazine rings is 1. The zero-order valence-electron chi connectivity index (χ0n) is 14.8. The number of amides is 1. The van der Waals surface area contributed by atoms with Crippen LogP contribution in [-0.2, 0) is 0 Å². The summed E-state index contributed by atoms with van der Waals surface area (Å²) in [5.74, 6) is -1.34. The molecule has 2 heterocycles. The van der Waals surface area contributed by atoms with E-state index in [1.54, 1.807) is 42.2 Å². The van der Waals surface area contributed by atoms with Gasteiger partial charge in [-0.25, -0.2) is 4.79 Å². The van der Waals surface area contributed by atoms with Gasteiger partial charge in [-0.3, -0.25) is 14.2 Å². The molecule has 0 unspecified atom stereocenters. The van der Waals surface area contributed by atoms with Crippen LogP contribution in [0.25, 0.3) is 5.69 Å². The fourth-order valence-corrected chi connectivity index (χ4v) is 3.07. The van der Waals surface area contributed by atoms with E-state index in [9.17, 15) is 19.5 Å². The first kappa shape index (κ1) is 17.9. The number of carbonyl (C=O) groups excluding carboxylic acids is 1. The van der Waals surface area contributed by atoms with Crippen LogP contribution in [0.4, 0.5) is 0 Å². The Morgan fingerprint density at radius 1 is 1.08 bits per heavy atom. The number of pyridine rings is 1. The summed E-state index contributed by atoms with van der Waals surface area (Å²) in [6, 6.07) is 8.30. The molecule has 0 saturated carbocycles. The standard InChI is InChI=1S/C19H21N3O4/c1-13-6-7-22(18(24)16(13)19(25)26)15-5-3-4-14(12-15)17(23)21-10-8-20(2)9-11-21/h3-7,12H,8-11H2,1-2H3,(H,25,26). The number of carboxylic acid groups (broad SMARTS) is 1. The molecule has 1 aliphatic rings. The zero-order valence-corrected chi connectivity index (χ0v) is 14.8.